The lowest BCUT2D eigenvalue weighted by atomic mass is 9.87. The summed E-state index contributed by atoms with van der Waals surface area (Å²) in [4.78, 5) is 0. The Kier molecular flexibility index (Phi) is 4.72. The van der Waals surface area contributed by atoms with Crippen LogP contribution in [0.25, 0.3) is 16.7 Å². The summed E-state index contributed by atoms with van der Waals surface area (Å²) in [6.07, 6.45) is 5.84. The zero-order valence-electron chi connectivity index (χ0n) is 13.4. The molecular formula is C20H20ClFO. The predicted molar refractivity (Wildman–Crippen MR) is 94.4 cm³/mol. The van der Waals surface area contributed by atoms with Gasteiger partial charge in [0.15, 0.2) is 11.6 Å². The molecule has 0 aliphatic heterocycles. The second-order valence-electron chi connectivity index (χ2n) is 6.13. The van der Waals surface area contributed by atoms with Gasteiger partial charge in [-0.3, -0.25) is 0 Å². The summed E-state index contributed by atoms with van der Waals surface area (Å²) in [5.41, 5.74) is 4.24. The Morgan fingerprint density at radius 3 is 2.39 bits per heavy atom. The molecule has 1 nitrogen and oxygen atoms in total. The molecule has 0 N–H and O–H groups in total. The van der Waals surface area contributed by atoms with Gasteiger partial charge in [-0.25, -0.2) is 4.39 Å². The highest BCUT2D eigenvalue weighted by atomic mass is 35.5. The molecule has 3 heteroatoms. The van der Waals surface area contributed by atoms with Crippen LogP contribution in [-0.2, 0) is 0 Å². The SMILES string of the molecule is COc1ccc(-c2ccc(C3=CCC(C)CC3)cc2)c(Cl)c1F. The average molecular weight is 331 g/mol. The first-order valence-corrected chi connectivity index (χ1v) is 8.29. The van der Waals surface area contributed by atoms with Crippen molar-refractivity contribution >= 4 is 17.2 Å². The lowest BCUT2D eigenvalue weighted by Crippen LogP contribution is -2.00. The molecule has 0 fully saturated rings. The molecule has 3 rings (SSSR count). The fourth-order valence-corrected chi connectivity index (χ4v) is 3.27. The van der Waals surface area contributed by atoms with Gasteiger partial charge in [-0.1, -0.05) is 48.9 Å². The van der Waals surface area contributed by atoms with Gasteiger partial charge >= 0.3 is 0 Å². The van der Waals surface area contributed by atoms with E-state index in [4.69, 9.17) is 16.3 Å². The summed E-state index contributed by atoms with van der Waals surface area (Å²) in [5.74, 6) is 0.427. The zero-order chi connectivity index (χ0) is 16.4. The number of hydrogen-bond acceptors (Lipinski definition) is 1. The molecule has 1 atom stereocenters. The zero-order valence-corrected chi connectivity index (χ0v) is 14.2. The molecular weight excluding hydrogens is 311 g/mol. The Hall–Kier alpha value is -1.80. The fourth-order valence-electron chi connectivity index (χ4n) is 3.00. The highest BCUT2D eigenvalue weighted by Crippen LogP contribution is 2.36. The van der Waals surface area contributed by atoms with Crippen LogP contribution < -0.4 is 4.74 Å². The topological polar surface area (TPSA) is 9.23 Å². The van der Waals surface area contributed by atoms with Crippen LogP contribution in [0, 0.1) is 11.7 Å². The molecule has 0 saturated heterocycles. The van der Waals surface area contributed by atoms with Gasteiger partial charge in [0.05, 0.1) is 12.1 Å². The Balaban J connectivity index is 1.90. The van der Waals surface area contributed by atoms with Crippen molar-refractivity contribution in [1.29, 1.82) is 0 Å². The van der Waals surface area contributed by atoms with Crippen LogP contribution in [0.1, 0.15) is 31.7 Å². The standard InChI is InChI=1S/C20H20ClFO/c1-13-3-5-14(6-4-13)15-7-9-16(10-8-15)17-11-12-18(23-2)20(22)19(17)21/h5,7-13H,3-4,6H2,1-2H3. The first kappa shape index (κ1) is 16.1. The molecule has 0 amide bonds. The number of hydrogen-bond donors (Lipinski definition) is 0. The van der Waals surface area contributed by atoms with Gasteiger partial charge in [-0.15, -0.1) is 0 Å². The Morgan fingerprint density at radius 2 is 1.78 bits per heavy atom. The Bertz CT molecular complexity index is 734. The predicted octanol–water partition coefficient (Wildman–Crippen LogP) is 6.36. The van der Waals surface area contributed by atoms with Crippen LogP contribution >= 0.6 is 11.6 Å². The minimum atomic E-state index is -0.514. The smallest absolute Gasteiger partial charge is 0.184 e. The number of halogens is 2. The normalized spacial score (nSPS) is 17.7. The minimum absolute atomic E-state index is 0.0998. The van der Waals surface area contributed by atoms with Crippen LogP contribution in [0.3, 0.4) is 0 Å². The van der Waals surface area contributed by atoms with Crippen molar-refractivity contribution in [3.8, 4) is 16.9 Å². The summed E-state index contributed by atoms with van der Waals surface area (Å²) in [5, 5.41) is 0.0998. The maximum atomic E-state index is 14.1. The lowest BCUT2D eigenvalue weighted by Gasteiger charge is -2.18. The van der Waals surface area contributed by atoms with Crippen molar-refractivity contribution in [2.75, 3.05) is 7.11 Å². The molecule has 0 aromatic heterocycles. The molecule has 0 bridgehead atoms. The van der Waals surface area contributed by atoms with Gasteiger partial charge in [0.1, 0.15) is 0 Å². The van der Waals surface area contributed by atoms with Crippen molar-refractivity contribution in [1.82, 2.24) is 0 Å². The molecule has 0 heterocycles. The average Bonchev–Trinajstić information content (AvgIpc) is 2.58. The molecule has 1 aliphatic rings. The van der Waals surface area contributed by atoms with E-state index in [1.807, 2.05) is 12.1 Å². The third kappa shape index (κ3) is 3.28. The molecule has 1 unspecified atom stereocenters. The van der Waals surface area contributed by atoms with E-state index < -0.39 is 5.82 Å². The van der Waals surface area contributed by atoms with E-state index in [0.717, 1.165) is 24.3 Å². The Morgan fingerprint density at radius 1 is 1.09 bits per heavy atom. The van der Waals surface area contributed by atoms with Gasteiger partial charge < -0.3 is 4.74 Å². The fraction of sp³-hybridized carbons (Fsp3) is 0.300. The number of benzene rings is 2. The van der Waals surface area contributed by atoms with Crippen LogP contribution in [0.4, 0.5) is 4.39 Å². The molecule has 120 valence electrons. The largest absolute Gasteiger partial charge is 0.494 e. The Labute approximate surface area is 141 Å². The monoisotopic (exact) mass is 330 g/mol. The molecule has 23 heavy (non-hydrogen) atoms. The van der Waals surface area contributed by atoms with Gasteiger partial charge in [0, 0.05) is 5.56 Å². The summed E-state index contributed by atoms with van der Waals surface area (Å²) in [6, 6.07) is 11.6. The van der Waals surface area contributed by atoms with E-state index in [-0.39, 0.29) is 10.8 Å². The van der Waals surface area contributed by atoms with E-state index >= 15 is 0 Å². The number of allylic oxidation sites excluding steroid dienone is 2. The highest BCUT2D eigenvalue weighted by molar-refractivity contribution is 6.33. The second-order valence-corrected chi connectivity index (χ2v) is 6.51. The third-order valence-corrected chi connectivity index (χ3v) is 4.88. The highest BCUT2D eigenvalue weighted by Gasteiger charge is 2.15. The minimum Gasteiger partial charge on any atom is -0.494 e. The van der Waals surface area contributed by atoms with Crippen LogP contribution in [0.2, 0.25) is 5.02 Å². The number of rotatable bonds is 3. The summed E-state index contributed by atoms with van der Waals surface area (Å²) in [6.45, 7) is 2.29. The van der Waals surface area contributed by atoms with Gasteiger partial charge in [-0.05, 0) is 54.0 Å². The second kappa shape index (κ2) is 6.76. The van der Waals surface area contributed by atoms with E-state index in [1.54, 1.807) is 12.1 Å². The number of methoxy groups -OCH3 is 1. The molecule has 0 radical (unpaired) electrons. The molecule has 0 spiro atoms. The maximum absolute atomic E-state index is 14.1. The van der Waals surface area contributed by atoms with Crippen molar-refractivity contribution in [3.05, 3.63) is 58.9 Å². The molecule has 0 saturated carbocycles. The maximum Gasteiger partial charge on any atom is 0.184 e. The summed E-state index contributed by atoms with van der Waals surface area (Å²) < 4.78 is 19.0. The van der Waals surface area contributed by atoms with Crippen molar-refractivity contribution in [2.45, 2.75) is 26.2 Å². The molecule has 2 aromatic carbocycles. The molecule has 2 aromatic rings. The van der Waals surface area contributed by atoms with Crippen LogP contribution in [0.15, 0.2) is 42.5 Å². The van der Waals surface area contributed by atoms with Gasteiger partial charge in [0.2, 0.25) is 0 Å². The first-order chi connectivity index (χ1) is 11.1. The lowest BCUT2D eigenvalue weighted by molar-refractivity contribution is 0.387. The summed E-state index contributed by atoms with van der Waals surface area (Å²) >= 11 is 6.15. The van der Waals surface area contributed by atoms with Gasteiger partial charge in [0.25, 0.3) is 0 Å². The van der Waals surface area contributed by atoms with E-state index in [9.17, 15) is 4.39 Å². The number of ether oxygens (including phenoxy) is 1. The van der Waals surface area contributed by atoms with Crippen molar-refractivity contribution in [3.63, 3.8) is 0 Å². The van der Waals surface area contributed by atoms with Gasteiger partial charge in [-0.2, -0.15) is 0 Å². The van der Waals surface area contributed by atoms with Crippen LogP contribution in [-0.4, -0.2) is 7.11 Å². The van der Waals surface area contributed by atoms with E-state index in [2.05, 4.69) is 25.1 Å². The van der Waals surface area contributed by atoms with Crippen molar-refractivity contribution < 1.29 is 9.13 Å². The summed E-state index contributed by atoms with van der Waals surface area (Å²) in [7, 11) is 1.43. The third-order valence-electron chi connectivity index (χ3n) is 4.51. The first-order valence-electron chi connectivity index (χ1n) is 7.92. The van der Waals surface area contributed by atoms with E-state index in [1.165, 1.54) is 24.7 Å². The van der Waals surface area contributed by atoms with Crippen molar-refractivity contribution in [2.24, 2.45) is 5.92 Å². The molecule has 1 aliphatic carbocycles. The quantitative estimate of drug-likeness (QED) is 0.636. The van der Waals surface area contributed by atoms with E-state index in [0.29, 0.717) is 5.56 Å². The van der Waals surface area contributed by atoms with Crippen LogP contribution in [0.5, 0.6) is 5.75 Å².